The molecule has 0 spiro atoms. The van der Waals surface area contributed by atoms with Gasteiger partial charge in [-0.15, -0.1) is 0 Å². The maximum Gasteiger partial charge on any atom is 0.0868 e. The summed E-state index contributed by atoms with van der Waals surface area (Å²) < 4.78 is 6.47. The molecule has 0 unspecified atom stereocenters. The van der Waals surface area contributed by atoms with E-state index < -0.39 is 0 Å². The largest absolute Gasteiger partial charge is 0.370 e. The summed E-state index contributed by atoms with van der Waals surface area (Å²) in [6.45, 7) is 2.24. The lowest BCUT2D eigenvalue weighted by atomic mass is 9.85. The van der Waals surface area contributed by atoms with Gasteiger partial charge in [-0.1, -0.05) is 92.6 Å². The molecule has 0 bridgehead atoms. The highest BCUT2D eigenvalue weighted by Crippen LogP contribution is 2.34. The minimum atomic E-state index is 0.121. The third kappa shape index (κ3) is 4.11. The molecule has 1 nitrogen and oxygen atoms in total. The molecule has 0 amide bonds. The van der Waals surface area contributed by atoms with Gasteiger partial charge in [0.1, 0.15) is 0 Å². The van der Waals surface area contributed by atoms with E-state index in [0.717, 1.165) is 12.8 Å². The number of hydrogen-bond donors (Lipinski definition) is 0. The van der Waals surface area contributed by atoms with E-state index in [4.69, 9.17) is 4.74 Å². The van der Waals surface area contributed by atoms with Crippen LogP contribution in [0.1, 0.15) is 49.7 Å². The van der Waals surface area contributed by atoms with Crippen molar-refractivity contribution in [2.75, 3.05) is 0 Å². The zero-order chi connectivity index (χ0) is 15.9. The van der Waals surface area contributed by atoms with E-state index in [1.807, 2.05) is 0 Å². The molecule has 120 valence electrons. The van der Waals surface area contributed by atoms with Crippen molar-refractivity contribution < 1.29 is 4.74 Å². The SMILES string of the molecule is CCCC[C@H]1CC=C[C@@H](C(c2ccccc2)c2ccccc2)O1. The van der Waals surface area contributed by atoms with E-state index in [1.165, 1.54) is 24.0 Å². The van der Waals surface area contributed by atoms with Crippen LogP contribution in [0, 0.1) is 0 Å². The highest BCUT2D eigenvalue weighted by atomic mass is 16.5. The van der Waals surface area contributed by atoms with Gasteiger partial charge >= 0.3 is 0 Å². The molecule has 0 fully saturated rings. The second-order valence-electron chi connectivity index (χ2n) is 6.33. The van der Waals surface area contributed by atoms with E-state index in [-0.39, 0.29) is 12.0 Å². The number of benzene rings is 2. The Morgan fingerprint density at radius 1 is 0.957 bits per heavy atom. The minimum Gasteiger partial charge on any atom is -0.370 e. The summed E-state index contributed by atoms with van der Waals surface area (Å²) >= 11 is 0. The monoisotopic (exact) mass is 306 g/mol. The highest BCUT2D eigenvalue weighted by molar-refractivity contribution is 5.35. The first-order valence-corrected chi connectivity index (χ1v) is 8.80. The summed E-state index contributed by atoms with van der Waals surface area (Å²) in [5.41, 5.74) is 2.65. The quantitative estimate of drug-likeness (QED) is 0.620. The van der Waals surface area contributed by atoms with Gasteiger partial charge in [-0.2, -0.15) is 0 Å². The van der Waals surface area contributed by atoms with Crippen LogP contribution in [-0.4, -0.2) is 12.2 Å². The predicted octanol–water partition coefficient (Wildman–Crippen LogP) is 5.72. The van der Waals surface area contributed by atoms with E-state index in [1.54, 1.807) is 0 Å². The third-order valence-corrected chi connectivity index (χ3v) is 4.60. The normalized spacial score (nSPS) is 20.8. The van der Waals surface area contributed by atoms with Crippen LogP contribution in [0.5, 0.6) is 0 Å². The summed E-state index contributed by atoms with van der Waals surface area (Å²) in [5, 5.41) is 0. The number of unbranched alkanes of at least 4 members (excludes halogenated alkanes) is 1. The van der Waals surface area contributed by atoms with Crippen molar-refractivity contribution in [3.05, 3.63) is 83.9 Å². The summed E-state index contributed by atoms with van der Waals surface area (Å²) in [4.78, 5) is 0. The molecule has 0 N–H and O–H groups in total. The summed E-state index contributed by atoms with van der Waals surface area (Å²) in [5.74, 6) is 0.262. The lowest BCUT2D eigenvalue weighted by Gasteiger charge is -2.32. The van der Waals surface area contributed by atoms with Gasteiger partial charge in [0.05, 0.1) is 12.2 Å². The van der Waals surface area contributed by atoms with Crippen molar-refractivity contribution in [3.8, 4) is 0 Å². The second-order valence-corrected chi connectivity index (χ2v) is 6.33. The van der Waals surface area contributed by atoms with Gasteiger partial charge in [0.2, 0.25) is 0 Å². The van der Waals surface area contributed by atoms with Crippen LogP contribution in [-0.2, 0) is 4.74 Å². The Hall–Kier alpha value is -1.86. The maximum atomic E-state index is 6.47. The average Bonchev–Trinajstić information content (AvgIpc) is 2.62. The first-order valence-electron chi connectivity index (χ1n) is 8.80. The van der Waals surface area contributed by atoms with Gasteiger partial charge in [-0.3, -0.25) is 0 Å². The Morgan fingerprint density at radius 2 is 1.57 bits per heavy atom. The molecule has 2 aromatic carbocycles. The summed E-state index contributed by atoms with van der Waals surface area (Å²) in [7, 11) is 0. The molecule has 0 aromatic heterocycles. The highest BCUT2D eigenvalue weighted by Gasteiger charge is 2.28. The lowest BCUT2D eigenvalue weighted by molar-refractivity contribution is -0.00674. The Bertz CT molecular complexity index is 563. The number of rotatable bonds is 6. The van der Waals surface area contributed by atoms with Crippen molar-refractivity contribution in [1.29, 1.82) is 0 Å². The fourth-order valence-corrected chi connectivity index (χ4v) is 3.39. The second kappa shape index (κ2) is 8.12. The van der Waals surface area contributed by atoms with Crippen LogP contribution in [0.2, 0.25) is 0 Å². The van der Waals surface area contributed by atoms with Crippen molar-refractivity contribution in [1.82, 2.24) is 0 Å². The van der Waals surface area contributed by atoms with Gasteiger partial charge in [-0.25, -0.2) is 0 Å². The van der Waals surface area contributed by atoms with Gasteiger partial charge in [-0.05, 0) is 24.0 Å². The zero-order valence-electron chi connectivity index (χ0n) is 13.9. The molecule has 2 atom stereocenters. The lowest BCUT2D eigenvalue weighted by Crippen LogP contribution is -2.30. The molecule has 23 heavy (non-hydrogen) atoms. The van der Waals surface area contributed by atoms with Crippen LogP contribution in [0.4, 0.5) is 0 Å². The molecule has 0 radical (unpaired) electrons. The van der Waals surface area contributed by atoms with Crippen molar-refractivity contribution in [2.24, 2.45) is 0 Å². The smallest absolute Gasteiger partial charge is 0.0868 e. The van der Waals surface area contributed by atoms with E-state index in [2.05, 4.69) is 79.7 Å². The zero-order valence-corrected chi connectivity index (χ0v) is 13.9. The molecule has 0 saturated heterocycles. The molecule has 1 aliphatic rings. The Kier molecular flexibility index (Phi) is 5.65. The Balaban J connectivity index is 1.87. The van der Waals surface area contributed by atoms with Crippen LogP contribution in [0.3, 0.4) is 0 Å². The number of ether oxygens (including phenoxy) is 1. The average molecular weight is 306 g/mol. The molecule has 2 aromatic rings. The van der Waals surface area contributed by atoms with Gasteiger partial charge in [0.25, 0.3) is 0 Å². The number of hydrogen-bond acceptors (Lipinski definition) is 1. The Labute approximate surface area is 140 Å². The van der Waals surface area contributed by atoms with Crippen LogP contribution in [0.25, 0.3) is 0 Å². The summed E-state index contributed by atoms with van der Waals surface area (Å²) in [6.07, 6.45) is 9.73. The fourth-order valence-electron chi connectivity index (χ4n) is 3.39. The molecular formula is C22H26O. The van der Waals surface area contributed by atoms with Gasteiger partial charge in [0.15, 0.2) is 0 Å². The Morgan fingerprint density at radius 3 is 2.13 bits per heavy atom. The van der Waals surface area contributed by atoms with Gasteiger partial charge < -0.3 is 4.74 Å². The molecule has 0 aliphatic carbocycles. The van der Waals surface area contributed by atoms with E-state index in [9.17, 15) is 0 Å². The standard InChI is InChI=1S/C22H26O/c1-2-3-15-20-16-10-17-21(23-20)22(18-11-6-4-7-12-18)19-13-8-5-9-14-19/h4-14,17,20-22H,2-3,15-16H2,1H3/t20-,21-/m0/s1. The molecule has 1 aliphatic heterocycles. The van der Waals surface area contributed by atoms with Crippen LogP contribution < -0.4 is 0 Å². The molecule has 1 heterocycles. The predicted molar refractivity (Wildman–Crippen MR) is 96.7 cm³/mol. The van der Waals surface area contributed by atoms with Gasteiger partial charge in [0, 0.05) is 5.92 Å². The van der Waals surface area contributed by atoms with E-state index >= 15 is 0 Å². The first kappa shape index (κ1) is 16.0. The minimum absolute atomic E-state index is 0.121. The topological polar surface area (TPSA) is 9.23 Å². The maximum absolute atomic E-state index is 6.47. The third-order valence-electron chi connectivity index (χ3n) is 4.60. The summed E-state index contributed by atoms with van der Waals surface area (Å²) in [6, 6.07) is 21.5. The van der Waals surface area contributed by atoms with E-state index in [0.29, 0.717) is 6.10 Å². The molecule has 3 rings (SSSR count). The van der Waals surface area contributed by atoms with Crippen LogP contribution >= 0.6 is 0 Å². The van der Waals surface area contributed by atoms with Crippen LogP contribution in [0.15, 0.2) is 72.8 Å². The van der Waals surface area contributed by atoms with Crippen molar-refractivity contribution >= 4 is 0 Å². The molecule has 0 saturated carbocycles. The molecular weight excluding hydrogens is 280 g/mol. The fraction of sp³-hybridized carbons (Fsp3) is 0.364. The molecule has 1 heteroatoms. The van der Waals surface area contributed by atoms with Crippen molar-refractivity contribution in [3.63, 3.8) is 0 Å². The first-order chi connectivity index (χ1) is 11.4. The van der Waals surface area contributed by atoms with Crippen molar-refractivity contribution in [2.45, 2.75) is 50.7 Å².